The number of aromatic nitrogens is 4. The molecule has 2 amide bonds. The summed E-state index contributed by atoms with van der Waals surface area (Å²) in [7, 11) is 0. The highest BCUT2D eigenvalue weighted by molar-refractivity contribution is 8.01. The average molecular weight is 441 g/mol. The summed E-state index contributed by atoms with van der Waals surface area (Å²) in [6.45, 7) is 1.80. The zero-order valence-electron chi connectivity index (χ0n) is 13.3. The standard InChI is InChI=1S/C12H14Cl2N6O4S2/c1-4(26-11-16-18-19-17-11)12(10(23)24)2-20-8(22)5(9(20)25-3-12)15-7(21)6(13)14/h4-6,9H,2-3H2,1H3,(H,15,21)(H,23,24)(H,16,17,18,19)/t4?,5?,9-,12?/m1/s1. The topological polar surface area (TPSA) is 141 Å². The van der Waals surface area contributed by atoms with Crippen LogP contribution in [-0.4, -0.2) is 82.2 Å². The molecule has 26 heavy (non-hydrogen) atoms. The van der Waals surface area contributed by atoms with Crippen molar-refractivity contribution in [2.75, 3.05) is 12.3 Å². The van der Waals surface area contributed by atoms with Gasteiger partial charge in [0.05, 0.1) is 0 Å². The number of β-lactam (4-membered cyclic amide) rings is 1. The van der Waals surface area contributed by atoms with Gasteiger partial charge in [-0.15, -0.1) is 16.9 Å². The van der Waals surface area contributed by atoms with Gasteiger partial charge in [0.15, 0.2) is 4.84 Å². The summed E-state index contributed by atoms with van der Waals surface area (Å²) in [6, 6.07) is -0.749. The summed E-state index contributed by atoms with van der Waals surface area (Å²) in [6.07, 6.45) is 0. The monoisotopic (exact) mass is 440 g/mol. The number of thioether (sulfide) groups is 2. The summed E-state index contributed by atoms with van der Waals surface area (Å²) in [5, 5.41) is 25.3. The molecule has 0 aromatic carbocycles. The van der Waals surface area contributed by atoms with Crippen LogP contribution in [-0.2, 0) is 14.4 Å². The molecule has 3 N–H and O–H groups in total. The minimum Gasteiger partial charge on any atom is -0.481 e. The molecule has 10 nitrogen and oxygen atoms in total. The number of hydrogen-bond donors (Lipinski definition) is 3. The maximum Gasteiger partial charge on any atom is 0.313 e. The molecule has 3 unspecified atom stereocenters. The minimum absolute atomic E-state index is 0.0338. The number of halogens is 2. The number of aliphatic carboxylic acids is 1. The third-order valence-electron chi connectivity index (χ3n) is 4.42. The second-order valence-corrected chi connectivity index (χ2v) is 9.41. The molecule has 1 aromatic heterocycles. The van der Waals surface area contributed by atoms with Crippen molar-refractivity contribution in [3.05, 3.63) is 0 Å². The van der Waals surface area contributed by atoms with Gasteiger partial charge in [-0.3, -0.25) is 14.4 Å². The van der Waals surface area contributed by atoms with E-state index in [9.17, 15) is 19.5 Å². The fourth-order valence-electron chi connectivity index (χ4n) is 2.84. The summed E-state index contributed by atoms with van der Waals surface area (Å²) in [5.74, 6) is -1.74. The van der Waals surface area contributed by atoms with Crippen LogP contribution >= 0.6 is 46.7 Å². The SMILES string of the molecule is CC(Sc1nnn[nH]1)C1(C(=O)O)CS[C@@H]2C(NC(=O)C(Cl)Cl)C(=O)N2C1. The van der Waals surface area contributed by atoms with E-state index in [-0.39, 0.29) is 23.6 Å². The van der Waals surface area contributed by atoms with E-state index in [1.807, 2.05) is 0 Å². The Bertz CT molecular complexity index is 723. The van der Waals surface area contributed by atoms with Gasteiger partial charge in [-0.2, -0.15) is 0 Å². The van der Waals surface area contributed by atoms with E-state index in [4.69, 9.17) is 23.2 Å². The van der Waals surface area contributed by atoms with Gasteiger partial charge in [-0.05, 0) is 10.4 Å². The van der Waals surface area contributed by atoms with Gasteiger partial charge in [0.1, 0.15) is 16.8 Å². The van der Waals surface area contributed by atoms with E-state index in [1.165, 1.54) is 28.4 Å². The van der Waals surface area contributed by atoms with E-state index >= 15 is 0 Å². The van der Waals surface area contributed by atoms with Crippen molar-refractivity contribution in [1.82, 2.24) is 30.8 Å². The fourth-order valence-corrected chi connectivity index (χ4v) is 5.74. The largest absolute Gasteiger partial charge is 0.481 e. The predicted molar refractivity (Wildman–Crippen MR) is 94.9 cm³/mol. The molecule has 1 aromatic rings. The first-order chi connectivity index (χ1) is 12.3. The second kappa shape index (κ2) is 7.41. The fraction of sp³-hybridized carbons (Fsp3) is 0.667. The normalized spacial score (nSPS) is 29.1. The highest BCUT2D eigenvalue weighted by Crippen LogP contribution is 2.47. The zero-order valence-corrected chi connectivity index (χ0v) is 16.4. The molecule has 2 aliphatic rings. The van der Waals surface area contributed by atoms with E-state index in [0.717, 1.165) is 0 Å². The average Bonchev–Trinajstić information content (AvgIpc) is 3.11. The number of carboxylic acids is 1. The first-order valence-electron chi connectivity index (χ1n) is 7.40. The molecule has 3 heterocycles. The zero-order chi connectivity index (χ0) is 19.1. The van der Waals surface area contributed by atoms with Gasteiger partial charge in [0, 0.05) is 17.5 Å². The number of carbonyl (C=O) groups is 3. The number of carbonyl (C=O) groups excluding carboxylic acids is 2. The Balaban J connectivity index is 1.72. The molecule has 2 aliphatic heterocycles. The first kappa shape index (κ1) is 19.5. The number of tetrazole rings is 1. The summed E-state index contributed by atoms with van der Waals surface area (Å²) in [5.41, 5.74) is -1.18. The molecule has 0 bridgehead atoms. The summed E-state index contributed by atoms with van der Waals surface area (Å²) in [4.78, 5) is 36.2. The van der Waals surface area contributed by atoms with Gasteiger partial charge in [-0.1, -0.05) is 41.9 Å². The number of carboxylic acid groups (broad SMARTS) is 1. The van der Waals surface area contributed by atoms with Crippen LogP contribution in [0.2, 0.25) is 0 Å². The number of rotatable bonds is 6. The number of fused-ring (bicyclic) bond motifs is 1. The van der Waals surface area contributed by atoms with Crippen LogP contribution in [0.3, 0.4) is 0 Å². The summed E-state index contributed by atoms with van der Waals surface area (Å²) < 4.78 is 0. The van der Waals surface area contributed by atoms with Crippen LogP contribution in [0.5, 0.6) is 0 Å². The Hall–Kier alpha value is -1.24. The second-order valence-electron chi connectivity index (χ2n) is 5.88. The smallest absolute Gasteiger partial charge is 0.313 e. The Labute approximate surface area is 166 Å². The van der Waals surface area contributed by atoms with Crippen molar-refractivity contribution in [3.63, 3.8) is 0 Å². The highest BCUT2D eigenvalue weighted by Gasteiger charge is 2.59. The van der Waals surface area contributed by atoms with Gasteiger partial charge in [0.2, 0.25) is 11.1 Å². The van der Waals surface area contributed by atoms with E-state index in [1.54, 1.807) is 6.92 Å². The van der Waals surface area contributed by atoms with Crippen LogP contribution in [0.15, 0.2) is 5.16 Å². The number of nitrogens with zero attached hydrogens (tertiary/aromatic N) is 4. The number of amides is 2. The van der Waals surface area contributed by atoms with Crippen molar-refractivity contribution in [2.45, 2.75) is 33.6 Å². The lowest BCUT2D eigenvalue weighted by Gasteiger charge is -2.54. The van der Waals surface area contributed by atoms with Crippen LogP contribution < -0.4 is 5.32 Å². The first-order valence-corrected chi connectivity index (χ1v) is 10.2. The van der Waals surface area contributed by atoms with Crippen LogP contribution in [0, 0.1) is 5.41 Å². The van der Waals surface area contributed by atoms with Gasteiger partial charge in [0.25, 0.3) is 5.91 Å². The Morgan fingerprint density at radius 1 is 1.54 bits per heavy atom. The molecule has 3 rings (SSSR count). The Morgan fingerprint density at radius 3 is 2.85 bits per heavy atom. The molecule has 2 saturated heterocycles. The van der Waals surface area contributed by atoms with Crippen LogP contribution in [0.25, 0.3) is 0 Å². The minimum atomic E-state index is -1.27. The van der Waals surface area contributed by atoms with Crippen molar-refractivity contribution < 1.29 is 19.5 Å². The van der Waals surface area contributed by atoms with Gasteiger partial charge in [-0.25, -0.2) is 5.10 Å². The molecule has 0 spiro atoms. The van der Waals surface area contributed by atoms with E-state index in [2.05, 4.69) is 25.9 Å². The third kappa shape index (κ3) is 3.35. The van der Waals surface area contributed by atoms with Gasteiger partial charge >= 0.3 is 5.97 Å². The summed E-state index contributed by atoms with van der Waals surface area (Å²) >= 11 is 13.5. The van der Waals surface area contributed by atoms with Crippen molar-refractivity contribution >= 4 is 64.5 Å². The maximum absolute atomic E-state index is 12.4. The molecule has 4 atom stereocenters. The van der Waals surface area contributed by atoms with E-state index in [0.29, 0.717) is 5.16 Å². The number of nitrogens with one attached hydrogen (secondary N) is 2. The lowest BCUT2D eigenvalue weighted by atomic mass is 9.84. The Kier molecular flexibility index (Phi) is 5.56. The number of hydrogen-bond acceptors (Lipinski definition) is 8. The lowest BCUT2D eigenvalue weighted by molar-refractivity contribution is -0.158. The van der Waals surface area contributed by atoms with E-state index < -0.39 is 33.4 Å². The molecule has 14 heteroatoms. The third-order valence-corrected chi connectivity index (χ3v) is 7.57. The molecule has 0 radical (unpaired) electrons. The molecule has 142 valence electrons. The van der Waals surface area contributed by atoms with Crippen molar-refractivity contribution in [1.29, 1.82) is 0 Å². The maximum atomic E-state index is 12.4. The number of alkyl halides is 2. The Morgan fingerprint density at radius 2 is 2.27 bits per heavy atom. The van der Waals surface area contributed by atoms with Crippen molar-refractivity contribution in [2.24, 2.45) is 5.41 Å². The highest BCUT2D eigenvalue weighted by atomic mass is 35.5. The molecular weight excluding hydrogens is 427 g/mol. The molecule has 2 fully saturated rings. The van der Waals surface area contributed by atoms with Crippen LogP contribution in [0.1, 0.15) is 6.92 Å². The molecule has 0 saturated carbocycles. The quantitative estimate of drug-likeness (QED) is 0.315. The van der Waals surface area contributed by atoms with Crippen LogP contribution in [0.4, 0.5) is 0 Å². The molecule has 0 aliphatic carbocycles. The van der Waals surface area contributed by atoms with Crippen molar-refractivity contribution in [3.8, 4) is 0 Å². The predicted octanol–water partition coefficient (Wildman–Crippen LogP) is -0.0451. The lowest BCUT2D eigenvalue weighted by Crippen LogP contribution is -2.74. The van der Waals surface area contributed by atoms with Gasteiger partial charge < -0.3 is 15.3 Å². The molecular formula is C12H14Cl2N6O4S2. The number of H-pyrrole nitrogens is 1. The number of aromatic amines is 1.